The van der Waals surface area contributed by atoms with Crippen LogP contribution in [0.2, 0.25) is 0 Å². The summed E-state index contributed by atoms with van der Waals surface area (Å²) in [5.41, 5.74) is 1.41. The molecular weight excluding hydrogens is 260 g/mol. The molecule has 0 radical (unpaired) electrons. The molecule has 1 aliphatic heterocycles. The van der Waals surface area contributed by atoms with Crippen molar-refractivity contribution >= 4 is 0 Å². The molecule has 1 saturated heterocycles. The average molecular weight is 290 g/mol. The number of nitrogens with zero attached hydrogens (tertiary/aromatic N) is 1. The van der Waals surface area contributed by atoms with Crippen LogP contribution in [0.1, 0.15) is 31.7 Å². The molecule has 1 unspecified atom stereocenters. The molecule has 0 aliphatic carbocycles. The summed E-state index contributed by atoms with van der Waals surface area (Å²) in [7, 11) is 0. The quantitative estimate of drug-likeness (QED) is 0.671. The zero-order valence-corrected chi connectivity index (χ0v) is 13.4. The molecular formula is C18H30N2O. The molecule has 21 heavy (non-hydrogen) atoms. The molecule has 1 fully saturated rings. The Labute approximate surface area is 129 Å². The Morgan fingerprint density at radius 1 is 1.19 bits per heavy atom. The minimum Gasteiger partial charge on any atom is -0.377 e. The van der Waals surface area contributed by atoms with E-state index >= 15 is 0 Å². The highest BCUT2D eigenvalue weighted by Crippen LogP contribution is 2.13. The maximum atomic E-state index is 5.75. The Balaban J connectivity index is 1.58. The number of hydrogen-bond donors (Lipinski definition) is 1. The Morgan fingerprint density at radius 3 is 2.76 bits per heavy atom. The van der Waals surface area contributed by atoms with Gasteiger partial charge in [0, 0.05) is 26.2 Å². The lowest BCUT2D eigenvalue weighted by Crippen LogP contribution is -2.38. The van der Waals surface area contributed by atoms with Gasteiger partial charge in [-0.15, -0.1) is 0 Å². The van der Waals surface area contributed by atoms with Gasteiger partial charge < -0.3 is 10.1 Å². The first kappa shape index (κ1) is 16.5. The first-order chi connectivity index (χ1) is 10.4. The fourth-order valence-corrected chi connectivity index (χ4v) is 2.93. The first-order valence-electron chi connectivity index (χ1n) is 8.47. The Kier molecular flexibility index (Phi) is 7.79. The molecule has 0 bridgehead atoms. The Hall–Kier alpha value is -0.900. The molecule has 1 N–H and O–H groups in total. The van der Waals surface area contributed by atoms with E-state index in [2.05, 4.69) is 47.5 Å². The molecule has 0 spiro atoms. The van der Waals surface area contributed by atoms with Gasteiger partial charge in [0.2, 0.25) is 0 Å². The van der Waals surface area contributed by atoms with E-state index in [-0.39, 0.29) is 0 Å². The lowest BCUT2D eigenvalue weighted by molar-refractivity contribution is 0.0734. The maximum absolute atomic E-state index is 5.75. The van der Waals surface area contributed by atoms with Gasteiger partial charge in [0.25, 0.3) is 0 Å². The minimum absolute atomic E-state index is 0.473. The van der Waals surface area contributed by atoms with E-state index in [9.17, 15) is 0 Å². The molecule has 3 heteroatoms. The van der Waals surface area contributed by atoms with Crippen molar-refractivity contribution in [2.75, 3.05) is 39.3 Å². The SMILES string of the molecule is CCCN(CCNCCc1ccccc1)CC1CCCO1. The second-order valence-electron chi connectivity index (χ2n) is 5.92. The van der Waals surface area contributed by atoms with Crippen molar-refractivity contribution in [3.63, 3.8) is 0 Å². The van der Waals surface area contributed by atoms with Crippen LogP contribution in [-0.2, 0) is 11.2 Å². The number of ether oxygens (including phenoxy) is 1. The molecule has 0 aromatic heterocycles. The van der Waals surface area contributed by atoms with Crippen LogP contribution in [0.5, 0.6) is 0 Å². The van der Waals surface area contributed by atoms with Gasteiger partial charge in [-0.25, -0.2) is 0 Å². The van der Waals surface area contributed by atoms with Crippen LogP contribution < -0.4 is 5.32 Å². The van der Waals surface area contributed by atoms with Gasteiger partial charge in [-0.1, -0.05) is 37.3 Å². The molecule has 1 aromatic carbocycles. The molecule has 3 nitrogen and oxygen atoms in total. The second-order valence-corrected chi connectivity index (χ2v) is 5.92. The van der Waals surface area contributed by atoms with Crippen LogP contribution in [-0.4, -0.2) is 50.3 Å². The normalized spacial score (nSPS) is 18.5. The van der Waals surface area contributed by atoms with Crippen molar-refractivity contribution in [3.05, 3.63) is 35.9 Å². The van der Waals surface area contributed by atoms with E-state index in [0.29, 0.717) is 6.10 Å². The number of hydrogen-bond acceptors (Lipinski definition) is 3. The Morgan fingerprint density at radius 2 is 2.05 bits per heavy atom. The summed E-state index contributed by atoms with van der Waals surface area (Å²) in [4.78, 5) is 2.55. The van der Waals surface area contributed by atoms with Crippen LogP contribution in [0, 0.1) is 0 Å². The molecule has 0 amide bonds. The van der Waals surface area contributed by atoms with Gasteiger partial charge >= 0.3 is 0 Å². The highest BCUT2D eigenvalue weighted by atomic mass is 16.5. The third kappa shape index (κ3) is 6.60. The van der Waals surface area contributed by atoms with E-state index in [1.165, 1.54) is 31.4 Å². The molecule has 1 aromatic rings. The second kappa shape index (κ2) is 9.93. The summed E-state index contributed by atoms with van der Waals surface area (Å²) in [5.74, 6) is 0. The molecule has 1 heterocycles. The highest BCUT2D eigenvalue weighted by Gasteiger charge is 2.18. The van der Waals surface area contributed by atoms with Gasteiger partial charge in [-0.2, -0.15) is 0 Å². The largest absolute Gasteiger partial charge is 0.377 e. The van der Waals surface area contributed by atoms with Crippen molar-refractivity contribution < 1.29 is 4.74 Å². The third-order valence-corrected chi connectivity index (χ3v) is 4.06. The summed E-state index contributed by atoms with van der Waals surface area (Å²) in [6.45, 7) is 8.76. The highest BCUT2D eigenvalue weighted by molar-refractivity contribution is 5.14. The van der Waals surface area contributed by atoms with Crippen LogP contribution in [0.25, 0.3) is 0 Å². The monoisotopic (exact) mass is 290 g/mol. The van der Waals surface area contributed by atoms with Crippen LogP contribution in [0.15, 0.2) is 30.3 Å². The van der Waals surface area contributed by atoms with Crippen molar-refractivity contribution in [1.82, 2.24) is 10.2 Å². The zero-order chi connectivity index (χ0) is 14.8. The van der Waals surface area contributed by atoms with Gasteiger partial charge in [0.15, 0.2) is 0 Å². The van der Waals surface area contributed by atoms with Crippen molar-refractivity contribution in [2.45, 2.75) is 38.7 Å². The molecule has 1 atom stereocenters. The number of benzene rings is 1. The van der Waals surface area contributed by atoms with Crippen LogP contribution in [0.4, 0.5) is 0 Å². The molecule has 0 saturated carbocycles. The fraction of sp³-hybridized carbons (Fsp3) is 0.667. The van der Waals surface area contributed by atoms with E-state index in [1.54, 1.807) is 0 Å². The van der Waals surface area contributed by atoms with Gasteiger partial charge in [0.1, 0.15) is 0 Å². The van der Waals surface area contributed by atoms with Crippen molar-refractivity contribution in [1.29, 1.82) is 0 Å². The predicted molar refractivity (Wildman–Crippen MR) is 88.7 cm³/mol. The average Bonchev–Trinajstić information content (AvgIpc) is 3.01. The standard InChI is InChI=1S/C18H30N2O/c1-2-13-20(16-18-9-6-15-21-18)14-12-19-11-10-17-7-4-3-5-8-17/h3-5,7-8,18-19H,2,6,9-16H2,1H3. The maximum Gasteiger partial charge on any atom is 0.0702 e. The lowest BCUT2D eigenvalue weighted by Gasteiger charge is -2.24. The van der Waals surface area contributed by atoms with Gasteiger partial charge in [-0.05, 0) is 44.3 Å². The summed E-state index contributed by atoms with van der Waals surface area (Å²) in [6.07, 6.45) is 5.28. The number of rotatable bonds is 10. The lowest BCUT2D eigenvalue weighted by atomic mass is 10.1. The third-order valence-electron chi connectivity index (χ3n) is 4.06. The Bertz CT molecular complexity index is 363. The zero-order valence-electron chi connectivity index (χ0n) is 13.4. The van der Waals surface area contributed by atoms with Gasteiger partial charge in [0.05, 0.1) is 6.10 Å². The topological polar surface area (TPSA) is 24.5 Å². The van der Waals surface area contributed by atoms with E-state index in [0.717, 1.165) is 39.2 Å². The number of nitrogens with one attached hydrogen (secondary N) is 1. The van der Waals surface area contributed by atoms with E-state index in [1.807, 2.05) is 0 Å². The van der Waals surface area contributed by atoms with Crippen molar-refractivity contribution in [3.8, 4) is 0 Å². The fourth-order valence-electron chi connectivity index (χ4n) is 2.93. The first-order valence-corrected chi connectivity index (χ1v) is 8.47. The minimum atomic E-state index is 0.473. The summed E-state index contributed by atoms with van der Waals surface area (Å²) < 4.78 is 5.75. The van der Waals surface area contributed by atoms with E-state index < -0.39 is 0 Å². The smallest absolute Gasteiger partial charge is 0.0702 e. The molecule has 1 aliphatic rings. The predicted octanol–water partition coefficient (Wildman–Crippen LogP) is 2.71. The van der Waals surface area contributed by atoms with Crippen LogP contribution >= 0.6 is 0 Å². The van der Waals surface area contributed by atoms with E-state index in [4.69, 9.17) is 4.74 Å². The summed E-state index contributed by atoms with van der Waals surface area (Å²) in [5, 5.41) is 3.57. The summed E-state index contributed by atoms with van der Waals surface area (Å²) in [6, 6.07) is 10.7. The summed E-state index contributed by atoms with van der Waals surface area (Å²) >= 11 is 0. The molecule has 2 rings (SSSR count). The van der Waals surface area contributed by atoms with Crippen LogP contribution in [0.3, 0.4) is 0 Å². The van der Waals surface area contributed by atoms with Gasteiger partial charge in [-0.3, -0.25) is 4.90 Å². The molecule has 118 valence electrons. The van der Waals surface area contributed by atoms with Crippen molar-refractivity contribution in [2.24, 2.45) is 0 Å².